The van der Waals surface area contributed by atoms with Gasteiger partial charge in [-0.15, -0.1) is 0 Å². The fraction of sp³-hybridized carbons (Fsp3) is 0.389. The third-order valence-corrected chi connectivity index (χ3v) is 4.81. The summed E-state index contributed by atoms with van der Waals surface area (Å²) in [7, 11) is 0. The van der Waals surface area contributed by atoms with Gasteiger partial charge in [0.25, 0.3) is 0 Å². The van der Waals surface area contributed by atoms with Gasteiger partial charge in [0.2, 0.25) is 0 Å². The number of fused-ring (bicyclic) bond motifs is 1. The summed E-state index contributed by atoms with van der Waals surface area (Å²) in [4.78, 5) is 4.45. The molecule has 1 aromatic carbocycles. The third kappa shape index (κ3) is 3.35. The number of aromatic nitrogens is 1. The number of benzene rings is 1. The Balaban J connectivity index is 1.85. The van der Waals surface area contributed by atoms with Crippen molar-refractivity contribution >= 4 is 15.9 Å². The quantitative estimate of drug-likeness (QED) is 0.908. The molecule has 110 valence electrons. The number of halogens is 1. The molecule has 0 radical (unpaired) electrons. The van der Waals surface area contributed by atoms with E-state index in [1.165, 1.54) is 42.4 Å². The maximum absolute atomic E-state index is 6.59. The van der Waals surface area contributed by atoms with Gasteiger partial charge in [-0.3, -0.25) is 4.98 Å². The molecule has 3 rings (SSSR count). The minimum Gasteiger partial charge on any atom is -0.321 e. The topological polar surface area (TPSA) is 38.9 Å². The average Bonchev–Trinajstić information content (AvgIpc) is 2.49. The lowest BCUT2D eigenvalue weighted by Gasteiger charge is -2.27. The Morgan fingerprint density at radius 2 is 1.90 bits per heavy atom. The zero-order valence-electron chi connectivity index (χ0n) is 12.4. The Morgan fingerprint density at radius 1 is 1.14 bits per heavy atom. The zero-order valence-corrected chi connectivity index (χ0v) is 14.0. The van der Waals surface area contributed by atoms with Gasteiger partial charge in [0.15, 0.2) is 0 Å². The number of hydrogen-bond donors (Lipinski definition) is 1. The molecule has 0 saturated carbocycles. The molecule has 1 aliphatic carbocycles. The van der Waals surface area contributed by atoms with Crippen molar-refractivity contribution in [3.8, 4) is 0 Å². The van der Waals surface area contributed by atoms with Crippen molar-refractivity contribution in [2.24, 2.45) is 5.73 Å². The summed E-state index contributed by atoms with van der Waals surface area (Å²) in [5, 5.41) is 0. The van der Waals surface area contributed by atoms with Crippen LogP contribution in [0.1, 0.15) is 42.1 Å². The largest absolute Gasteiger partial charge is 0.321 e. The van der Waals surface area contributed by atoms with E-state index in [1.807, 2.05) is 18.3 Å². The first kappa shape index (κ1) is 14.7. The molecule has 2 aromatic rings. The number of hydrogen-bond acceptors (Lipinski definition) is 2. The zero-order chi connectivity index (χ0) is 14.9. The van der Waals surface area contributed by atoms with Crippen LogP contribution in [0.4, 0.5) is 0 Å². The second-order valence-corrected chi connectivity index (χ2v) is 7.17. The van der Waals surface area contributed by atoms with Crippen LogP contribution in [-0.2, 0) is 24.8 Å². The molecule has 2 N–H and O–H groups in total. The fourth-order valence-corrected chi connectivity index (χ4v) is 3.31. The monoisotopic (exact) mass is 344 g/mol. The first-order chi connectivity index (χ1) is 10.0. The van der Waals surface area contributed by atoms with Crippen molar-refractivity contribution in [1.29, 1.82) is 0 Å². The van der Waals surface area contributed by atoms with Crippen molar-refractivity contribution in [2.45, 2.75) is 44.6 Å². The molecule has 1 atom stereocenters. The highest BCUT2D eigenvalue weighted by atomic mass is 79.9. The second-order valence-electron chi connectivity index (χ2n) is 6.25. The molecule has 0 bridgehead atoms. The molecule has 0 saturated heterocycles. The summed E-state index contributed by atoms with van der Waals surface area (Å²) in [6.45, 7) is 2.10. The Labute approximate surface area is 134 Å². The molecule has 0 spiro atoms. The van der Waals surface area contributed by atoms with Gasteiger partial charge in [0.1, 0.15) is 0 Å². The standard InChI is InChI=1S/C18H21BrN2/c1-18(20,11-17-9-8-16(19)12-21-17)15-7-6-13-4-2-3-5-14(13)10-15/h6-10,12H,2-5,11,20H2,1H3. The van der Waals surface area contributed by atoms with E-state index in [9.17, 15) is 0 Å². The second kappa shape index (κ2) is 5.90. The normalized spacial score (nSPS) is 17.1. The lowest BCUT2D eigenvalue weighted by atomic mass is 9.83. The molecule has 1 heterocycles. The number of pyridine rings is 1. The van der Waals surface area contributed by atoms with Gasteiger partial charge in [0, 0.05) is 28.3 Å². The molecule has 1 unspecified atom stereocenters. The molecule has 0 fully saturated rings. The number of rotatable bonds is 3. The van der Waals surface area contributed by atoms with Crippen molar-refractivity contribution in [3.63, 3.8) is 0 Å². The highest BCUT2D eigenvalue weighted by Gasteiger charge is 2.24. The molecule has 1 aromatic heterocycles. The Kier molecular flexibility index (Phi) is 4.14. The van der Waals surface area contributed by atoms with Gasteiger partial charge in [-0.25, -0.2) is 0 Å². The third-order valence-electron chi connectivity index (χ3n) is 4.34. The molecular formula is C18H21BrN2. The van der Waals surface area contributed by atoms with E-state index in [4.69, 9.17) is 5.73 Å². The lowest BCUT2D eigenvalue weighted by molar-refractivity contribution is 0.483. The van der Waals surface area contributed by atoms with Crippen molar-refractivity contribution < 1.29 is 0 Å². The molecule has 0 amide bonds. The van der Waals surface area contributed by atoms with Crippen LogP contribution in [0.3, 0.4) is 0 Å². The number of nitrogens with zero attached hydrogens (tertiary/aromatic N) is 1. The van der Waals surface area contributed by atoms with Crippen LogP contribution in [0.2, 0.25) is 0 Å². The Hall–Kier alpha value is -1.19. The SMILES string of the molecule is CC(N)(Cc1ccc(Br)cn1)c1ccc2c(c1)CCCC2. The van der Waals surface area contributed by atoms with Crippen LogP contribution < -0.4 is 5.73 Å². The first-order valence-corrected chi connectivity index (χ1v) is 8.35. The lowest BCUT2D eigenvalue weighted by Crippen LogP contribution is -2.36. The molecule has 1 aliphatic rings. The average molecular weight is 345 g/mol. The van der Waals surface area contributed by atoms with Gasteiger partial charge in [-0.1, -0.05) is 18.2 Å². The highest BCUT2D eigenvalue weighted by Crippen LogP contribution is 2.28. The Bertz CT molecular complexity index is 632. The van der Waals surface area contributed by atoms with E-state index >= 15 is 0 Å². The maximum atomic E-state index is 6.59. The van der Waals surface area contributed by atoms with E-state index in [1.54, 1.807) is 0 Å². The van der Waals surface area contributed by atoms with Gasteiger partial charge < -0.3 is 5.73 Å². The van der Waals surface area contributed by atoms with E-state index < -0.39 is 0 Å². The summed E-state index contributed by atoms with van der Waals surface area (Å²) in [5.74, 6) is 0. The molecule has 21 heavy (non-hydrogen) atoms. The Morgan fingerprint density at radius 3 is 2.62 bits per heavy atom. The smallest absolute Gasteiger partial charge is 0.0437 e. The van der Waals surface area contributed by atoms with E-state index in [2.05, 4.69) is 46.0 Å². The van der Waals surface area contributed by atoms with Crippen molar-refractivity contribution in [3.05, 3.63) is 63.4 Å². The predicted molar refractivity (Wildman–Crippen MR) is 90.3 cm³/mol. The van der Waals surface area contributed by atoms with Crippen LogP contribution in [0, 0.1) is 0 Å². The van der Waals surface area contributed by atoms with Crippen LogP contribution in [0.5, 0.6) is 0 Å². The van der Waals surface area contributed by atoms with Gasteiger partial charge >= 0.3 is 0 Å². The first-order valence-electron chi connectivity index (χ1n) is 7.56. The summed E-state index contributed by atoms with van der Waals surface area (Å²) in [6, 6.07) is 10.8. The van der Waals surface area contributed by atoms with E-state index in [-0.39, 0.29) is 5.54 Å². The molecule has 2 nitrogen and oxygen atoms in total. The van der Waals surface area contributed by atoms with Crippen LogP contribution in [-0.4, -0.2) is 4.98 Å². The fourth-order valence-electron chi connectivity index (χ4n) is 3.08. The minimum atomic E-state index is -0.382. The van der Waals surface area contributed by atoms with Crippen molar-refractivity contribution in [1.82, 2.24) is 4.98 Å². The van der Waals surface area contributed by atoms with Gasteiger partial charge in [0.05, 0.1) is 0 Å². The highest BCUT2D eigenvalue weighted by molar-refractivity contribution is 9.10. The molecular weight excluding hydrogens is 324 g/mol. The molecule has 3 heteroatoms. The number of nitrogens with two attached hydrogens (primary N) is 1. The van der Waals surface area contributed by atoms with Crippen LogP contribution in [0.15, 0.2) is 41.0 Å². The summed E-state index contributed by atoms with van der Waals surface area (Å²) in [6.07, 6.45) is 7.60. The van der Waals surface area contributed by atoms with E-state index in [0.29, 0.717) is 0 Å². The van der Waals surface area contributed by atoms with E-state index in [0.717, 1.165) is 16.6 Å². The predicted octanol–water partition coefficient (Wildman–Crippen LogP) is 4.14. The maximum Gasteiger partial charge on any atom is 0.0437 e. The van der Waals surface area contributed by atoms with Gasteiger partial charge in [-0.2, -0.15) is 0 Å². The van der Waals surface area contributed by atoms with Crippen molar-refractivity contribution in [2.75, 3.05) is 0 Å². The van der Waals surface area contributed by atoms with Crippen LogP contribution >= 0.6 is 15.9 Å². The van der Waals surface area contributed by atoms with Gasteiger partial charge in [-0.05, 0) is 77.4 Å². The summed E-state index contributed by atoms with van der Waals surface area (Å²) < 4.78 is 0.999. The molecule has 0 aliphatic heterocycles. The summed E-state index contributed by atoms with van der Waals surface area (Å²) >= 11 is 3.42. The number of aryl methyl sites for hydroxylation is 2. The minimum absolute atomic E-state index is 0.382. The summed E-state index contributed by atoms with van der Waals surface area (Å²) in [5.41, 5.74) is 11.4. The van der Waals surface area contributed by atoms with Crippen LogP contribution in [0.25, 0.3) is 0 Å².